The first-order valence-electron chi connectivity index (χ1n) is 7.34. The maximum Gasteiger partial charge on any atom is 0.265 e. The highest BCUT2D eigenvalue weighted by Crippen LogP contribution is 2.30. The fourth-order valence-electron chi connectivity index (χ4n) is 2.64. The van der Waals surface area contributed by atoms with Gasteiger partial charge in [0.25, 0.3) is 5.91 Å². The monoisotopic (exact) mass is 300 g/mol. The van der Waals surface area contributed by atoms with Crippen LogP contribution in [0.15, 0.2) is 30.3 Å². The molecule has 0 radical (unpaired) electrons. The second-order valence-corrected chi connectivity index (χ2v) is 6.80. The quantitative estimate of drug-likeness (QED) is 0.931. The van der Waals surface area contributed by atoms with Crippen molar-refractivity contribution in [3.8, 4) is 0 Å². The zero-order valence-electron chi connectivity index (χ0n) is 12.5. The molecule has 1 aliphatic carbocycles. The number of carbonyl (C=O) groups excluding carboxylic acids is 1. The minimum Gasteiger partial charge on any atom is -0.378 e. The molecule has 1 aromatic heterocycles. The van der Waals surface area contributed by atoms with Crippen molar-refractivity contribution in [2.45, 2.75) is 25.7 Å². The number of fused-ring (bicyclic) bond motifs is 1. The summed E-state index contributed by atoms with van der Waals surface area (Å²) in [4.78, 5) is 16.6. The van der Waals surface area contributed by atoms with Gasteiger partial charge in [-0.25, -0.2) is 0 Å². The smallest absolute Gasteiger partial charge is 0.265 e. The minimum absolute atomic E-state index is 0.00648. The Hall–Kier alpha value is -1.81. The molecule has 0 saturated heterocycles. The fraction of sp³-hybridized carbons (Fsp3) is 0.353. The molecule has 4 heteroatoms. The van der Waals surface area contributed by atoms with E-state index in [4.69, 9.17) is 0 Å². The minimum atomic E-state index is 0.00648. The lowest BCUT2D eigenvalue weighted by Crippen LogP contribution is -2.11. The van der Waals surface area contributed by atoms with E-state index >= 15 is 0 Å². The third-order valence-corrected chi connectivity index (χ3v) is 5.10. The van der Waals surface area contributed by atoms with Gasteiger partial charge < -0.3 is 10.2 Å². The van der Waals surface area contributed by atoms with E-state index in [9.17, 15) is 4.79 Å². The molecule has 0 unspecified atom stereocenters. The number of hydrogen-bond acceptors (Lipinski definition) is 3. The summed E-state index contributed by atoms with van der Waals surface area (Å²) in [6.45, 7) is 0. The number of aryl methyl sites for hydroxylation is 2. The molecule has 3 rings (SSSR count). The Morgan fingerprint density at radius 3 is 2.52 bits per heavy atom. The molecular formula is C17H20N2OS. The molecule has 1 heterocycles. The predicted octanol–water partition coefficient (Wildman–Crippen LogP) is 3.95. The average Bonchev–Trinajstić information content (AvgIpc) is 2.92. The molecule has 0 spiro atoms. The van der Waals surface area contributed by atoms with E-state index in [1.807, 2.05) is 43.3 Å². The van der Waals surface area contributed by atoms with Gasteiger partial charge in [-0.3, -0.25) is 4.79 Å². The van der Waals surface area contributed by atoms with Gasteiger partial charge >= 0.3 is 0 Å². The number of rotatable bonds is 3. The third kappa shape index (κ3) is 3.10. The number of thiophene rings is 1. The molecule has 0 saturated carbocycles. The summed E-state index contributed by atoms with van der Waals surface area (Å²) in [5.41, 5.74) is 3.34. The lowest BCUT2D eigenvalue weighted by molar-refractivity contribution is 0.103. The van der Waals surface area contributed by atoms with Crippen LogP contribution in [0.1, 0.15) is 33.0 Å². The Labute approximate surface area is 129 Å². The summed E-state index contributed by atoms with van der Waals surface area (Å²) < 4.78 is 0. The van der Waals surface area contributed by atoms with Gasteiger partial charge in [0.15, 0.2) is 0 Å². The van der Waals surface area contributed by atoms with Crippen LogP contribution in [0.25, 0.3) is 0 Å². The summed E-state index contributed by atoms with van der Waals surface area (Å²) in [6, 6.07) is 9.98. The first-order valence-corrected chi connectivity index (χ1v) is 8.15. The van der Waals surface area contributed by atoms with Crippen LogP contribution in [-0.2, 0) is 12.8 Å². The van der Waals surface area contributed by atoms with E-state index < -0.39 is 0 Å². The number of hydrogen-bond donors (Lipinski definition) is 1. The molecule has 21 heavy (non-hydrogen) atoms. The maximum absolute atomic E-state index is 12.3. The van der Waals surface area contributed by atoms with Crippen molar-refractivity contribution in [3.63, 3.8) is 0 Å². The molecule has 3 nitrogen and oxygen atoms in total. The summed E-state index contributed by atoms with van der Waals surface area (Å²) in [5.74, 6) is 0.00648. The number of nitrogens with zero attached hydrogens (tertiary/aromatic N) is 1. The van der Waals surface area contributed by atoms with Crippen molar-refractivity contribution < 1.29 is 4.79 Å². The van der Waals surface area contributed by atoms with Gasteiger partial charge in [0.05, 0.1) is 4.88 Å². The van der Waals surface area contributed by atoms with Crippen LogP contribution in [-0.4, -0.2) is 20.0 Å². The Kier molecular flexibility index (Phi) is 3.97. The number of benzene rings is 1. The number of anilines is 2. The molecule has 0 atom stereocenters. The van der Waals surface area contributed by atoms with Gasteiger partial charge in [-0.2, -0.15) is 0 Å². The summed E-state index contributed by atoms with van der Waals surface area (Å²) >= 11 is 1.65. The molecule has 1 aliphatic rings. The van der Waals surface area contributed by atoms with Crippen LogP contribution in [0.4, 0.5) is 11.4 Å². The predicted molar refractivity (Wildman–Crippen MR) is 89.7 cm³/mol. The van der Waals surface area contributed by atoms with E-state index in [2.05, 4.69) is 11.4 Å². The molecule has 110 valence electrons. The van der Waals surface area contributed by atoms with Crippen LogP contribution in [0, 0.1) is 0 Å². The summed E-state index contributed by atoms with van der Waals surface area (Å²) in [6.07, 6.45) is 4.75. The van der Waals surface area contributed by atoms with E-state index in [-0.39, 0.29) is 5.91 Å². The van der Waals surface area contributed by atoms with Crippen molar-refractivity contribution in [2.24, 2.45) is 0 Å². The Bertz CT molecular complexity index is 620. The fourth-order valence-corrected chi connectivity index (χ4v) is 3.79. The highest BCUT2D eigenvalue weighted by atomic mass is 32.1. The lowest BCUT2D eigenvalue weighted by Gasteiger charge is -2.12. The van der Waals surface area contributed by atoms with Crippen molar-refractivity contribution in [2.75, 3.05) is 24.3 Å². The highest BCUT2D eigenvalue weighted by molar-refractivity contribution is 7.14. The third-order valence-electron chi connectivity index (χ3n) is 3.86. The van der Waals surface area contributed by atoms with Crippen molar-refractivity contribution in [1.82, 2.24) is 0 Å². The molecule has 1 amide bonds. The first kappa shape index (κ1) is 14.1. The first-order chi connectivity index (χ1) is 10.1. The number of nitrogens with one attached hydrogen (secondary N) is 1. The summed E-state index contributed by atoms with van der Waals surface area (Å²) in [5, 5.41) is 2.99. The number of carbonyl (C=O) groups is 1. The van der Waals surface area contributed by atoms with Crippen molar-refractivity contribution in [3.05, 3.63) is 45.6 Å². The van der Waals surface area contributed by atoms with E-state index in [1.54, 1.807) is 11.3 Å². The molecule has 0 bridgehead atoms. The number of amides is 1. The molecule has 2 aromatic rings. The van der Waals surface area contributed by atoms with E-state index in [0.29, 0.717) is 0 Å². The Morgan fingerprint density at radius 2 is 1.86 bits per heavy atom. The summed E-state index contributed by atoms with van der Waals surface area (Å²) in [7, 11) is 4.01. The van der Waals surface area contributed by atoms with E-state index in [0.717, 1.165) is 29.1 Å². The largest absolute Gasteiger partial charge is 0.378 e. The second-order valence-electron chi connectivity index (χ2n) is 5.66. The molecule has 1 N–H and O–H groups in total. The normalized spacial score (nSPS) is 13.6. The van der Waals surface area contributed by atoms with Crippen LogP contribution < -0.4 is 10.2 Å². The molecule has 0 fully saturated rings. The highest BCUT2D eigenvalue weighted by Gasteiger charge is 2.17. The topological polar surface area (TPSA) is 32.3 Å². The molecule has 0 aliphatic heterocycles. The Balaban J connectivity index is 1.72. The average molecular weight is 300 g/mol. The molecule has 1 aromatic carbocycles. The second kappa shape index (κ2) is 5.90. The molecular weight excluding hydrogens is 280 g/mol. The SMILES string of the molecule is CN(C)c1ccc(NC(=O)c2cc3c(s2)CCCC3)cc1. The van der Waals surface area contributed by atoms with Gasteiger partial charge in [-0.05, 0) is 61.6 Å². The van der Waals surface area contributed by atoms with Gasteiger partial charge in [-0.15, -0.1) is 11.3 Å². The van der Waals surface area contributed by atoms with Crippen LogP contribution >= 0.6 is 11.3 Å². The van der Waals surface area contributed by atoms with Gasteiger partial charge in [-0.1, -0.05) is 0 Å². The van der Waals surface area contributed by atoms with E-state index in [1.165, 1.54) is 23.3 Å². The van der Waals surface area contributed by atoms with Gasteiger partial charge in [0, 0.05) is 30.3 Å². The zero-order chi connectivity index (χ0) is 14.8. The lowest BCUT2D eigenvalue weighted by atomic mass is 9.99. The Morgan fingerprint density at radius 1 is 1.14 bits per heavy atom. The van der Waals surface area contributed by atoms with Crippen molar-refractivity contribution in [1.29, 1.82) is 0 Å². The zero-order valence-corrected chi connectivity index (χ0v) is 13.3. The van der Waals surface area contributed by atoms with Crippen LogP contribution in [0.3, 0.4) is 0 Å². The standard InChI is InChI=1S/C17H20N2OS/c1-19(2)14-9-7-13(8-10-14)18-17(20)16-11-12-5-3-4-6-15(12)21-16/h7-11H,3-6H2,1-2H3,(H,18,20). The van der Waals surface area contributed by atoms with Gasteiger partial charge in [0.1, 0.15) is 0 Å². The van der Waals surface area contributed by atoms with Crippen molar-refractivity contribution >= 4 is 28.6 Å². The van der Waals surface area contributed by atoms with Gasteiger partial charge in [0.2, 0.25) is 0 Å². The maximum atomic E-state index is 12.3. The van der Waals surface area contributed by atoms with Crippen LogP contribution in [0.2, 0.25) is 0 Å². The van der Waals surface area contributed by atoms with Crippen LogP contribution in [0.5, 0.6) is 0 Å².